The average Bonchev–Trinajstić information content (AvgIpc) is 2.43. The van der Waals surface area contributed by atoms with Crippen LogP contribution in [0.3, 0.4) is 0 Å². The molecule has 1 rings (SSSR count). The highest BCUT2D eigenvalue weighted by molar-refractivity contribution is 9.10. The first kappa shape index (κ1) is 14.9. The van der Waals surface area contributed by atoms with Gasteiger partial charge in [0.05, 0.1) is 23.7 Å². The number of ether oxygens (including phenoxy) is 2. The average molecular weight is 329 g/mol. The number of carbonyl (C=O) groups excluding carboxylic acids is 1. The maximum atomic E-state index is 11.1. The molecule has 100 valence electrons. The number of nitrogens with zero attached hydrogens (tertiary/aromatic N) is 2. The molecular weight excluding hydrogens is 320 g/mol. The van der Waals surface area contributed by atoms with Crippen LogP contribution in [-0.4, -0.2) is 29.4 Å². The third kappa shape index (κ3) is 3.93. The van der Waals surface area contributed by atoms with E-state index in [1.807, 2.05) is 0 Å². The minimum absolute atomic E-state index is 0.0163. The van der Waals surface area contributed by atoms with Crippen LogP contribution in [0.15, 0.2) is 18.2 Å². The third-order valence-corrected chi connectivity index (χ3v) is 2.76. The second-order valence-corrected chi connectivity index (χ2v) is 4.46. The van der Waals surface area contributed by atoms with Crippen LogP contribution in [0, 0.1) is 21.4 Å². The van der Waals surface area contributed by atoms with E-state index >= 15 is 0 Å². The maximum absolute atomic E-state index is 11.1. The minimum Gasteiger partial charge on any atom is -0.485 e. The van der Waals surface area contributed by atoms with Gasteiger partial charge in [0.15, 0.2) is 5.75 Å². The number of methoxy groups -OCH3 is 1. The molecule has 0 saturated carbocycles. The molecule has 0 bridgehead atoms. The predicted octanol–water partition coefficient (Wildman–Crippen LogP) is 1.78. The zero-order valence-electron chi connectivity index (χ0n) is 9.83. The van der Waals surface area contributed by atoms with Gasteiger partial charge in [0, 0.05) is 6.07 Å². The molecule has 0 spiro atoms. The highest BCUT2D eigenvalue weighted by atomic mass is 79.9. The molecule has 0 aromatic heterocycles. The fourth-order valence-corrected chi connectivity index (χ4v) is 1.53. The maximum Gasteiger partial charge on any atom is 0.322 e. The van der Waals surface area contributed by atoms with Crippen LogP contribution < -0.4 is 4.74 Å². The SMILES string of the molecule is COC(=O)C(Br)COc1ccc(C#N)cc1[N+](=O)[O-]. The summed E-state index contributed by atoms with van der Waals surface area (Å²) >= 11 is 3.03. The molecule has 19 heavy (non-hydrogen) atoms. The van der Waals surface area contributed by atoms with Gasteiger partial charge in [-0.05, 0) is 12.1 Å². The summed E-state index contributed by atoms with van der Waals surface area (Å²) in [6.07, 6.45) is 0. The van der Waals surface area contributed by atoms with Crippen LogP contribution in [0.1, 0.15) is 5.56 Å². The Hall–Kier alpha value is -2.14. The predicted molar refractivity (Wildman–Crippen MR) is 68.0 cm³/mol. The highest BCUT2D eigenvalue weighted by Gasteiger charge is 2.20. The second-order valence-electron chi connectivity index (χ2n) is 3.35. The molecule has 1 aromatic rings. The fraction of sp³-hybridized carbons (Fsp3) is 0.273. The molecule has 7 nitrogen and oxygen atoms in total. The molecule has 1 atom stereocenters. The van der Waals surface area contributed by atoms with Crippen molar-refractivity contribution < 1.29 is 19.2 Å². The standard InChI is InChI=1S/C11H9BrN2O5/c1-18-11(15)8(12)6-19-10-3-2-7(5-13)4-9(10)14(16)17/h2-4,8H,6H2,1H3. The van der Waals surface area contributed by atoms with Gasteiger partial charge in [0.1, 0.15) is 11.4 Å². The number of benzene rings is 1. The van der Waals surface area contributed by atoms with Gasteiger partial charge in [0.2, 0.25) is 0 Å². The van der Waals surface area contributed by atoms with E-state index in [1.165, 1.54) is 19.2 Å². The van der Waals surface area contributed by atoms with Crippen molar-refractivity contribution in [3.8, 4) is 11.8 Å². The topological polar surface area (TPSA) is 102 Å². The number of rotatable bonds is 5. The molecule has 0 radical (unpaired) electrons. The summed E-state index contributed by atoms with van der Waals surface area (Å²) in [5, 5.41) is 19.5. The Morgan fingerprint density at radius 3 is 2.84 bits per heavy atom. The van der Waals surface area contributed by atoms with Crippen molar-refractivity contribution in [3.63, 3.8) is 0 Å². The van der Waals surface area contributed by atoms with Crippen molar-refractivity contribution in [1.82, 2.24) is 0 Å². The van der Waals surface area contributed by atoms with E-state index in [-0.39, 0.29) is 23.6 Å². The van der Waals surface area contributed by atoms with Gasteiger partial charge in [-0.1, -0.05) is 15.9 Å². The van der Waals surface area contributed by atoms with E-state index in [0.717, 1.165) is 6.07 Å². The molecule has 0 fully saturated rings. The molecule has 0 amide bonds. The van der Waals surface area contributed by atoms with Crippen LogP contribution >= 0.6 is 15.9 Å². The van der Waals surface area contributed by atoms with E-state index in [2.05, 4.69) is 20.7 Å². The van der Waals surface area contributed by atoms with Crippen LogP contribution in [-0.2, 0) is 9.53 Å². The van der Waals surface area contributed by atoms with E-state index in [1.54, 1.807) is 6.07 Å². The van der Waals surface area contributed by atoms with E-state index in [9.17, 15) is 14.9 Å². The number of hydrogen-bond donors (Lipinski definition) is 0. The third-order valence-electron chi connectivity index (χ3n) is 2.13. The van der Waals surface area contributed by atoms with Gasteiger partial charge in [-0.25, -0.2) is 0 Å². The van der Waals surface area contributed by atoms with Gasteiger partial charge < -0.3 is 9.47 Å². The molecule has 0 saturated heterocycles. The summed E-state index contributed by atoms with van der Waals surface area (Å²) < 4.78 is 9.66. The molecular formula is C11H9BrN2O5. The molecule has 0 aliphatic heterocycles. The van der Waals surface area contributed by atoms with Crippen LogP contribution in [0.5, 0.6) is 5.75 Å². The highest BCUT2D eigenvalue weighted by Crippen LogP contribution is 2.28. The Labute approximate surface area is 117 Å². The Morgan fingerprint density at radius 1 is 1.63 bits per heavy atom. The van der Waals surface area contributed by atoms with Gasteiger partial charge >= 0.3 is 11.7 Å². The summed E-state index contributed by atoms with van der Waals surface area (Å²) in [7, 11) is 1.22. The Balaban J connectivity index is 2.87. The normalized spacial score (nSPS) is 11.2. The largest absolute Gasteiger partial charge is 0.485 e. The number of esters is 1. The van der Waals surface area contributed by atoms with Crippen molar-refractivity contribution in [1.29, 1.82) is 5.26 Å². The van der Waals surface area contributed by atoms with E-state index < -0.39 is 15.7 Å². The lowest BCUT2D eigenvalue weighted by atomic mass is 10.2. The van der Waals surface area contributed by atoms with Crippen molar-refractivity contribution in [3.05, 3.63) is 33.9 Å². The van der Waals surface area contributed by atoms with Gasteiger partial charge in [-0.2, -0.15) is 5.26 Å². The molecule has 0 N–H and O–H groups in total. The van der Waals surface area contributed by atoms with Crippen molar-refractivity contribution in [2.24, 2.45) is 0 Å². The lowest BCUT2D eigenvalue weighted by Crippen LogP contribution is -2.23. The van der Waals surface area contributed by atoms with Gasteiger partial charge in [-0.3, -0.25) is 14.9 Å². The van der Waals surface area contributed by atoms with Crippen LogP contribution in [0.4, 0.5) is 5.69 Å². The number of alkyl halides is 1. The molecule has 0 aliphatic carbocycles. The van der Waals surface area contributed by atoms with E-state index in [0.29, 0.717) is 0 Å². The Morgan fingerprint density at radius 2 is 2.32 bits per heavy atom. The number of halogens is 1. The van der Waals surface area contributed by atoms with Crippen molar-refractivity contribution in [2.75, 3.05) is 13.7 Å². The Kier molecular flexibility index (Phi) is 5.26. The number of carbonyl (C=O) groups is 1. The first-order valence-corrected chi connectivity index (χ1v) is 5.94. The first-order valence-electron chi connectivity index (χ1n) is 5.02. The minimum atomic E-state index is -0.729. The summed E-state index contributed by atoms with van der Waals surface area (Å²) in [5.41, 5.74) is -0.175. The zero-order chi connectivity index (χ0) is 14.4. The summed E-state index contributed by atoms with van der Waals surface area (Å²) in [6, 6.07) is 5.61. The molecule has 0 heterocycles. The summed E-state index contributed by atoms with van der Waals surface area (Å²) in [4.78, 5) is 20.6. The number of nitro benzene ring substituents is 1. The smallest absolute Gasteiger partial charge is 0.322 e. The summed E-state index contributed by atoms with van der Waals surface area (Å²) in [6.45, 7) is -0.126. The second kappa shape index (κ2) is 6.70. The molecule has 8 heteroatoms. The van der Waals surface area contributed by atoms with Gasteiger partial charge in [-0.15, -0.1) is 0 Å². The monoisotopic (exact) mass is 328 g/mol. The summed E-state index contributed by atoms with van der Waals surface area (Å²) in [5.74, 6) is -0.561. The van der Waals surface area contributed by atoms with Crippen molar-refractivity contribution >= 4 is 27.6 Å². The quantitative estimate of drug-likeness (QED) is 0.353. The van der Waals surface area contributed by atoms with Gasteiger partial charge in [0.25, 0.3) is 0 Å². The lowest BCUT2D eigenvalue weighted by Gasteiger charge is -2.10. The van der Waals surface area contributed by atoms with Crippen LogP contribution in [0.2, 0.25) is 0 Å². The first-order chi connectivity index (χ1) is 8.99. The molecule has 1 aromatic carbocycles. The van der Waals surface area contributed by atoms with Crippen molar-refractivity contribution in [2.45, 2.75) is 4.83 Å². The number of hydrogen-bond acceptors (Lipinski definition) is 6. The van der Waals surface area contributed by atoms with Crippen LogP contribution in [0.25, 0.3) is 0 Å². The Bertz CT molecular complexity index is 540. The number of nitriles is 1. The lowest BCUT2D eigenvalue weighted by molar-refractivity contribution is -0.385. The molecule has 1 unspecified atom stereocenters. The van der Waals surface area contributed by atoms with E-state index in [4.69, 9.17) is 10.00 Å². The molecule has 0 aliphatic rings. The zero-order valence-corrected chi connectivity index (χ0v) is 11.4. The fourth-order valence-electron chi connectivity index (χ4n) is 1.21. The number of nitro groups is 1.